The molecule has 0 saturated heterocycles. The molecule has 2 rings (SSSR count). The minimum atomic E-state index is -0.519. The first-order chi connectivity index (χ1) is 9.69. The Labute approximate surface area is 116 Å². The molecular formula is C16H14F2NO. The fourth-order valence-corrected chi connectivity index (χ4v) is 1.70. The summed E-state index contributed by atoms with van der Waals surface area (Å²) in [7, 11) is 0. The largest absolute Gasteiger partial charge is 0.390 e. The van der Waals surface area contributed by atoms with E-state index < -0.39 is 11.6 Å². The lowest BCUT2D eigenvalue weighted by atomic mass is 10.1. The van der Waals surface area contributed by atoms with Gasteiger partial charge in [-0.2, -0.15) is 0 Å². The molecule has 2 nitrogen and oxygen atoms in total. The molecule has 0 amide bonds. The van der Waals surface area contributed by atoms with E-state index >= 15 is 0 Å². The number of nitrogens with zero attached hydrogens (tertiary/aromatic N) is 1. The maximum atomic E-state index is 13.3. The molecule has 103 valence electrons. The van der Waals surface area contributed by atoms with E-state index in [1.807, 2.05) is 24.3 Å². The summed E-state index contributed by atoms with van der Waals surface area (Å²) in [4.78, 5) is 4.94. The molecule has 0 heterocycles. The van der Waals surface area contributed by atoms with Crippen LogP contribution in [0, 0.1) is 11.6 Å². The molecule has 0 saturated carbocycles. The van der Waals surface area contributed by atoms with Crippen LogP contribution >= 0.6 is 0 Å². The molecule has 0 aliphatic heterocycles. The quantitative estimate of drug-likeness (QED) is 0.597. The number of rotatable bonds is 5. The number of halogens is 2. The van der Waals surface area contributed by atoms with Gasteiger partial charge in [-0.3, -0.25) is 0 Å². The van der Waals surface area contributed by atoms with Crippen LogP contribution in [0.15, 0.2) is 47.6 Å². The molecule has 4 heteroatoms. The van der Waals surface area contributed by atoms with Gasteiger partial charge in [0.05, 0.1) is 0 Å². The van der Waals surface area contributed by atoms with E-state index in [9.17, 15) is 8.78 Å². The zero-order valence-corrected chi connectivity index (χ0v) is 11.1. The standard InChI is InChI=1S/C16H14F2NO/c1-2-12-4-3-5-13(8-12)10-19-20-11-14-9-15(17)6-7-16(14)18/h3-9H,2,11H2,1H3. The van der Waals surface area contributed by atoms with E-state index in [4.69, 9.17) is 4.84 Å². The Morgan fingerprint density at radius 1 is 1.15 bits per heavy atom. The van der Waals surface area contributed by atoms with Crippen molar-refractivity contribution in [3.05, 3.63) is 70.8 Å². The third-order valence-electron chi connectivity index (χ3n) is 2.80. The monoisotopic (exact) mass is 274 g/mol. The zero-order chi connectivity index (χ0) is 14.4. The van der Waals surface area contributed by atoms with Crippen LogP contribution in [-0.2, 0) is 17.9 Å². The molecule has 0 fully saturated rings. The van der Waals surface area contributed by atoms with Gasteiger partial charge in [0, 0.05) is 11.1 Å². The second-order valence-corrected chi connectivity index (χ2v) is 4.27. The summed E-state index contributed by atoms with van der Waals surface area (Å²) in [5.74, 6) is -1.02. The Morgan fingerprint density at radius 2 is 2.00 bits per heavy atom. The van der Waals surface area contributed by atoms with Crippen LogP contribution in [0.1, 0.15) is 23.6 Å². The fraction of sp³-hybridized carbons (Fsp3) is 0.188. The van der Waals surface area contributed by atoms with E-state index in [1.54, 1.807) is 0 Å². The summed E-state index contributed by atoms with van der Waals surface area (Å²) in [6, 6.07) is 10.9. The molecule has 2 aromatic carbocycles. The van der Waals surface area contributed by atoms with E-state index in [-0.39, 0.29) is 12.2 Å². The van der Waals surface area contributed by atoms with Gasteiger partial charge in [-0.15, -0.1) is 0 Å². The Bertz CT molecular complexity index is 611. The molecular weight excluding hydrogens is 260 g/mol. The first-order valence-corrected chi connectivity index (χ1v) is 6.30. The van der Waals surface area contributed by atoms with E-state index in [0.29, 0.717) is 0 Å². The second kappa shape index (κ2) is 6.80. The third-order valence-corrected chi connectivity index (χ3v) is 2.80. The molecule has 20 heavy (non-hydrogen) atoms. The summed E-state index contributed by atoms with van der Waals surface area (Å²) in [5, 5.41) is 3.64. The van der Waals surface area contributed by atoms with E-state index in [1.165, 1.54) is 5.56 Å². The van der Waals surface area contributed by atoms with E-state index in [2.05, 4.69) is 18.3 Å². The molecule has 0 unspecified atom stereocenters. The van der Waals surface area contributed by atoms with Crippen molar-refractivity contribution in [1.29, 1.82) is 0 Å². The highest BCUT2D eigenvalue weighted by Gasteiger charge is 2.03. The van der Waals surface area contributed by atoms with Gasteiger partial charge in [0.25, 0.3) is 0 Å². The highest BCUT2D eigenvalue weighted by atomic mass is 19.1. The highest BCUT2D eigenvalue weighted by Crippen LogP contribution is 2.11. The van der Waals surface area contributed by atoms with Gasteiger partial charge < -0.3 is 4.84 Å². The van der Waals surface area contributed by atoms with Crippen molar-refractivity contribution in [3.8, 4) is 0 Å². The van der Waals surface area contributed by atoms with Crippen LogP contribution in [0.3, 0.4) is 0 Å². The number of aryl methyl sites for hydroxylation is 1. The minimum Gasteiger partial charge on any atom is -0.390 e. The average Bonchev–Trinajstić information content (AvgIpc) is 2.47. The SMILES string of the molecule is CCc1cccc(/[C]=N\OCc2cc(F)ccc2F)c1. The van der Waals surface area contributed by atoms with Crippen molar-refractivity contribution in [3.63, 3.8) is 0 Å². The summed E-state index contributed by atoms with van der Waals surface area (Å²) in [6.07, 6.45) is 3.63. The lowest BCUT2D eigenvalue weighted by Gasteiger charge is -2.02. The van der Waals surface area contributed by atoms with Gasteiger partial charge in [-0.1, -0.05) is 30.3 Å². The van der Waals surface area contributed by atoms with Gasteiger partial charge >= 0.3 is 0 Å². The fourth-order valence-electron chi connectivity index (χ4n) is 1.70. The molecule has 0 aliphatic carbocycles. The first-order valence-electron chi connectivity index (χ1n) is 6.30. The van der Waals surface area contributed by atoms with Crippen LogP contribution in [0.25, 0.3) is 0 Å². The van der Waals surface area contributed by atoms with Crippen LogP contribution in [0.4, 0.5) is 8.78 Å². The molecule has 0 N–H and O–H groups in total. The first kappa shape index (κ1) is 14.2. The van der Waals surface area contributed by atoms with Gasteiger partial charge in [0.2, 0.25) is 0 Å². The number of benzene rings is 2. The Kier molecular flexibility index (Phi) is 4.82. The summed E-state index contributed by atoms with van der Waals surface area (Å²) < 4.78 is 26.2. The van der Waals surface area contributed by atoms with Gasteiger partial charge in [0.1, 0.15) is 24.5 Å². The Balaban J connectivity index is 1.95. The van der Waals surface area contributed by atoms with Crippen LogP contribution in [0.2, 0.25) is 0 Å². The number of hydrogen-bond donors (Lipinski definition) is 0. The topological polar surface area (TPSA) is 21.6 Å². The summed E-state index contributed by atoms with van der Waals surface area (Å²) in [5.41, 5.74) is 2.07. The summed E-state index contributed by atoms with van der Waals surface area (Å²) in [6.45, 7) is 1.92. The van der Waals surface area contributed by atoms with Crippen LogP contribution < -0.4 is 0 Å². The van der Waals surface area contributed by atoms with Gasteiger partial charge in [-0.25, -0.2) is 8.78 Å². The lowest BCUT2D eigenvalue weighted by Crippen LogP contribution is -1.94. The average molecular weight is 274 g/mol. The lowest BCUT2D eigenvalue weighted by molar-refractivity contribution is 0.129. The van der Waals surface area contributed by atoms with Crippen LogP contribution in [0.5, 0.6) is 0 Å². The number of hydrogen-bond acceptors (Lipinski definition) is 2. The maximum absolute atomic E-state index is 13.3. The predicted molar refractivity (Wildman–Crippen MR) is 73.5 cm³/mol. The second-order valence-electron chi connectivity index (χ2n) is 4.27. The molecule has 0 aliphatic rings. The zero-order valence-electron chi connectivity index (χ0n) is 11.1. The smallest absolute Gasteiger partial charge is 0.145 e. The minimum absolute atomic E-state index is 0.123. The molecule has 1 radical (unpaired) electrons. The molecule has 0 aromatic heterocycles. The van der Waals surface area contributed by atoms with Crippen molar-refractivity contribution in [1.82, 2.24) is 0 Å². The molecule has 0 bridgehead atoms. The highest BCUT2D eigenvalue weighted by molar-refractivity contribution is 5.79. The van der Waals surface area contributed by atoms with Crippen molar-refractivity contribution < 1.29 is 13.6 Å². The van der Waals surface area contributed by atoms with Crippen molar-refractivity contribution in [2.24, 2.45) is 5.16 Å². The van der Waals surface area contributed by atoms with Crippen LogP contribution in [-0.4, -0.2) is 6.21 Å². The normalized spacial score (nSPS) is 10.9. The summed E-state index contributed by atoms with van der Waals surface area (Å²) >= 11 is 0. The molecule has 0 spiro atoms. The molecule has 2 aromatic rings. The Hall–Kier alpha value is -2.23. The van der Waals surface area contributed by atoms with Crippen molar-refractivity contribution in [2.45, 2.75) is 20.0 Å². The predicted octanol–water partition coefficient (Wildman–Crippen LogP) is 3.95. The third kappa shape index (κ3) is 3.88. The van der Waals surface area contributed by atoms with Crippen molar-refractivity contribution >= 4 is 6.21 Å². The maximum Gasteiger partial charge on any atom is 0.145 e. The Morgan fingerprint density at radius 3 is 2.80 bits per heavy atom. The van der Waals surface area contributed by atoms with Gasteiger partial charge in [0.15, 0.2) is 0 Å². The van der Waals surface area contributed by atoms with E-state index in [0.717, 1.165) is 30.2 Å². The van der Waals surface area contributed by atoms with Crippen molar-refractivity contribution in [2.75, 3.05) is 0 Å². The molecule has 0 atom stereocenters. The van der Waals surface area contributed by atoms with Gasteiger partial charge in [-0.05, 0) is 36.2 Å².